The minimum Gasteiger partial charge on any atom is -0.489 e. The fourth-order valence-corrected chi connectivity index (χ4v) is 2.29. The zero-order valence-corrected chi connectivity index (χ0v) is 17.9. The molecule has 5 nitrogen and oxygen atoms in total. The number of nitrogens with one attached hydrogen (secondary N) is 1. The van der Waals surface area contributed by atoms with Gasteiger partial charge in [0.1, 0.15) is 0 Å². The molecule has 1 aromatic heterocycles. The second kappa shape index (κ2) is 13.2. The first kappa shape index (κ1) is 24.9. The number of carbonyl (C=O) groups excluding carboxylic acids is 1. The van der Waals surface area contributed by atoms with Gasteiger partial charge in [0.05, 0.1) is 17.3 Å². The van der Waals surface area contributed by atoms with Crippen molar-refractivity contribution in [2.45, 2.75) is 33.3 Å². The number of hydrogen-bond acceptors (Lipinski definition) is 4. The zero-order chi connectivity index (χ0) is 21.8. The van der Waals surface area contributed by atoms with Gasteiger partial charge in [-0.05, 0) is 43.0 Å². The number of pyridine rings is 1. The molecule has 0 unspecified atom stereocenters. The van der Waals surface area contributed by atoms with Crippen LogP contribution in [0.25, 0.3) is 0 Å². The number of amides is 1. The SMILES string of the molecule is CC.CCl.O=C(Nc1ccncc1Cl)c1ccc(OC(F)F)c(OCC2CC2)c1. The molecule has 1 aliphatic carbocycles. The number of halogens is 4. The van der Waals surface area contributed by atoms with Crippen molar-refractivity contribution in [3.8, 4) is 11.5 Å². The van der Waals surface area contributed by atoms with E-state index in [0.717, 1.165) is 12.8 Å². The summed E-state index contributed by atoms with van der Waals surface area (Å²) < 4.78 is 35.1. The van der Waals surface area contributed by atoms with Crippen LogP contribution in [0, 0.1) is 5.92 Å². The molecule has 1 aliphatic rings. The number of rotatable bonds is 7. The van der Waals surface area contributed by atoms with Crippen LogP contribution >= 0.6 is 23.2 Å². The van der Waals surface area contributed by atoms with Gasteiger partial charge >= 0.3 is 6.61 Å². The molecule has 1 heterocycles. The van der Waals surface area contributed by atoms with Gasteiger partial charge in [-0.25, -0.2) is 0 Å². The molecule has 0 bridgehead atoms. The molecule has 1 saturated carbocycles. The second-order valence-electron chi connectivity index (χ2n) is 5.60. The molecular formula is C20H24Cl2F2N2O3. The highest BCUT2D eigenvalue weighted by Gasteiger charge is 2.23. The average Bonchev–Trinajstić information content (AvgIpc) is 3.56. The van der Waals surface area contributed by atoms with Crippen LogP contribution in [0.5, 0.6) is 11.5 Å². The lowest BCUT2D eigenvalue weighted by molar-refractivity contribution is -0.0515. The second-order valence-corrected chi connectivity index (χ2v) is 6.01. The first-order chi connectivity index (χ1) is 14.0. The molecule has 0 atom stereocenters. The number of benzene rings is 1. The summed E-state index contributed by atoms with van der Waals surface area (Å²) >= 11 is 10.6. The molecule has 2 aromatic rings. The Balaban J connectivity index is 0.000000989. The van der Waals surface area contributed by atoms with Crippen LogP contribution in [0.15, 0.2) is 36.7 Å². The van der Waals surface area contributed by atoms with Crippen molar-refractivity contribution < 1.29 is 23.0 Å². The highest BCUT2D eigenvalue weighted by Crippen LogP contribution is 2.34. The van der Waals surface area contributed by atoms with Gasteiger partial charge < -0.3 is 14.8 Å². The quantitative estimate of drug-likeness (QED) is 0.507. The van der Waals surface area contributed by atoms with E-state index in [1.807, 2.05) is 13.8 Å². The maximum Gasteiger partial charge on any atom is 0.387 e. The molecule has 0 aliphatic heterocycles. The summed E-state index contributed by atoms with van der Waals surface area (Å²) in [5, 5.41) is 2.93. The van der Waals surface area contributed by atoms with Gasteiger partial charge in [-0.2, -0.15) is 8.78 Å². The van der Waals surface area contributed by atoms with Crippen molar-refractivity contribution in [3.05, 3.63) is 47.2 Å². The van der Waals surface area contributed by atoms with E-state index in [9.17, 15) is 13.6 Å². The van der Waals surface area contributed by atoms with E-state index in [1.165, 1.54) is 37.0 Å². The summed E-state index contributed by atoms with van der Waals surface area (Å²) in [6.45, 7) is 1.43. The Morgan fingerprint density at radius 3 is 2.52 bits per heavy atom. The smallest absolute Gasteiger partial charge is 0.387 e. The van der Waals surface area contributed by atoms with Crippen molar-refractivity contribution in [2.75, 3.05) is 18.3 Å². The minimum absolute atomic E-state index is 0.103. The highest BCUT2D eigenvalue weighted by molar-refractivity contribution is 6.33. The van der Waals surface area contributed by atoms with E-state index in [0.29, 0.717) is 23.2 Å². The summed E-state index contributed by atoms with van der Waals surface area (Å²) in [6.07, 6.45) is 6.46. The van der Waals surface area contributed by atoms with Crippen LogP contribution in [0.3, 0.4) is 0 Å². The number of carbonyl (C=O) groups is 1. The summed E-state index contributed by atoms with van der Waals surface area (Å²) in [6, 6.07) is 5.60. The lowest BCUT2D eigenvalue weighted by Gasteiger charge is -2.14. The number of aromatic nitrogens is 1. The Kier molecular flexibility index (Phi) is 11.3. The Labute approximate surface area is 179 Å². The molecule has 0 spiro atoms. The molecule has 1 amide bonds. The van der Waals surface area contributed by atoms with E-state index >= 15 is 0 Å². The first-order valence-electron chi connectivity index (χ1n) is 9.03. The molecule has 1 aromatic carbocycles. The highest BCUT2D eigenvalue weighted by atomic mass is 35.5. The molecule has 1 N–H and O–H groups in total. The van der Waals surface area contributed by atoms with Crippen molar-refractivity contribution in [3.63, 3.8) is 0 Å². The molecule has 3 rings (SSSR count). The normalized spacial score (nSPS) is 12.1. The first-order valence-corrected chi connectivity index (χ1v) is 10.2. The third kappa shape index (κ3) is 8.41. The van der Waals surface area contributed by atoms with Crippen molar-refractivity contribution in [1.29, 1.82) is 0 Å². The standard InChI is InChI=1S/C17H15ClF2N2O3.C2H6.CH3Cl/c18-12-8-21-6-5-13(12)22-16(23)11-3-4-14(25-17(19)20)15(7-11)24-9-10-1-2-10;2*1-2/h3-8,10,17H,1-2,9H2,(H,21,22,23);1-2H3;1H3. The van der Waals surface area contributed by atoms with E-state index in [2.05, 4.69) is 26.6 Å². The van der Waals surface area contributed by atoms with Gasteiger partial charge in [0, 0.05) is 24.3 Å². The van der Waals surface area contributed by atoms with Gasteiger partial charge in [-0.3, -0.25) is 9.78 Å². The summed E-state index contributed by atoms with van der Waals surface area (Å²) in [4.78, 5) is 16.2. The number of anilines is 1. The fourth-order valence-electron chi connectivity index (χ4n) is 2.12. The number of ether oxygens (including phenoxy) is 2. The predicted molar refractivity (Wildman–Crippen MR) is 112 cm³/mol. The summed E-state index contributed by atoms with van der Waals surface area (Å²) in [7, 11) is 0. The molecule has 29 heavy (non-hydrogen) atoms. The maximum absolute atomic E-state index is 12.5. The summed E-state index contributed by atoms with van der Waals surface area (Å²) in [5.74, 6) is -0.0182. The van der Waals surface area contributed by atoms with Gasteiger partial charge in [-0.15, -0.1) is 11.6 Å². The summed E-state index contributed by atoms with van der Waals surface area (Å²) in [5.41, 5.74) is 0.635. The van der Waals surface area contributed by atoms with Crippen LogP contribution in [-0.4, -0.2) is 30.5 Å². The zero-order valence-electron chi connectivity index (χ0n) is 16.4. The van der Waals surface area contributed by atoms with Crippen LogP contribution in [-0.2, 0) is 0 Å². The van der Waals surface area contributed by atoms with Crippen LogP contribution in [0.1, 0.15) is 37.0 Å². The number of alkyl halides is 3. The van der Waals surface area contributed by atoms with E-state index in [1.54, 1.807) is 6.07 Å². The third-order valence-electron chi connectivity index (χ3n) is 3.61. The Morgan fingerprint density at radius 1 is 1.24 bits per heavy atom. The van der Waals surface area contributed by atoms with E-state index in [4.69, 9.17) is 16.3 Å². The van der Waals surface area contributed by atoms with Crippen LogP contribution < -0.4 is 14.8 Å². The van der Waals surface area contributed by atoms with Gasteiger partial charge in [-0.1, -0.05) is 25.4 Å². The lowest BCUT2D eigenvalue weighted by Crippen LogP contribution is -2.13. The number of hydrogen-bond donors (Lipinski definition) is 1. The fraction of sp³-hybridized carbons (Fsp3) is 0.400. The van der Waals surface area contributed by atoms with Crippen molar-refractivity contribution in [2.24, 2.45) is 5.92 Å². The van der Waals surface area contributed by atoms with Crippen molar-refractivity contribution >= 4 is 34.8 Å². The predicted octanol–water partition coefficient (Wildman–Crippen LogP) is 6.26. The van der Waals surface area contributed by atoms with E-state index in [-0.39, 0.29) is 17.1 Å². The lowest BCUT2D eigenvalue weighted by atomic mass is 10.2. The maximum atomic E-state index is 12.5. The molecule has 160 valence electrons. The molecule has 0 radical (unpaired) electrons. The van der Waals surface area contributed by atoms with Gasteiger partial charge in [0.15, 0.2) is 11.5 Å². The monoisotopic (exact) mass is 448 g/mol. The minimum atomic E-state index is -2.97. The van der Waals surface area contributed by atoms with Gasteiger partial charge in [0.25, 0.3) is 5.91 Å². The molecule has 0 saturated heterocycles. The Hall–Kier alpha value is -2.12. The topological polar surface area (TPSA) is 60.5 Å². The molecule has 9 heteroatoms. The Bertz CT molecular complexity index is 775. The largest absolute Gasteiger partial charge is 0.489 e. The molecule has 1 fully saturated rings. The van der Waals surface area contributed by atoms with E-state index < -0.39 is 12.5 Å². The third-order valence-corrected chi connectivity index (χ3v) is 3.92. The average molecular weight is 449 g/mol. The molecular weight excluding hydrogens is 425 g/mol. The Morgan fingerprint density at radius 2 is 1.93 bits per heavy atom. The van der Waals surface area contributed by atoms with Crippen LogP contribution in [0.2, 0.25) is 5.02 Å². The van der Waals surface area contributed by atoms with Gasteiger partial charge in [0.2, 0.25) is 0 Å². The van der Waals surface area contributed by atoms with Crippen molar-refractivity contribution in [1.82, 2.24) is 4.98 Å². The number of nitrogens with zero attached hydrogens (tertiary/aromatic N) is 1. The van der Waals surface area contributed by atoms with Crippen LogP contribution in [0.4, 0.5) is 14.5 Å².